The predicted molar refractivity (Wildman–Crippen MR) is 108 cm³/mol. The van der Waals surface area contributed by atoms with Crippen molar-refractivity contribution < 1.29 is 19.1 Å². The van der Waals surface area contributed by atoms with Gasteiger partial charge in [-0.05, 0) is 43.2 Å². The minimum Gasteiger partial charge on any atom is -0.496 e. The topological polar surface area (TPSA) is 67.9 Å². The van der Waals surface area contributed by atoms with Crippen LogP contribution >= 0.6 is 0 Å². The van der Waals surface area contributed by atoms with Crippen molar-refractivity contribution in [1.82, 2.24) is 5.32 Å². The van der Waals surface area contributed by atoms with Crippen molar-refractivity contribution in [1.29, 1.82) is 0 Å². The number of nitrogens with one attached hydrogen (secondary N) is 1. The van der Waals surface area contributed by atoms with E-state index in [1.807, 2.05) is 43.3 Å². The van der Waals surface area contributed by atoms with Gasteiger partial charge >= 0.3 is 0 Å². The molecule has 0 aromatic heterocycles. The maximum Gasteiger partial charge on any atom is 0.258 e. The van der Waals surface area contributed by atoms with Crippen molar-refractivity contribution in [3.8, 4) is 11.5 Å². The van der Waals surface area contributed by atoms with Crippen LogP contribution in [0.2, 0.25) is 0 Å². The molecule has 28 heavy (non-hydrogen) atoms. The number of anilines is 1. The van der Waals surface area contributed by atoms with Gasteiger partial charge in [-0.2, -0.15) is 0 Å². The fraction of sp³-hybridized carbons (Fsp3) is 0.364. The van der Waals surface area contributed by atoms with E-state index >= 15 is 0 Å². The second-order valence-corrected chi connectivity index (χ2v) is 6.70. The van der Waals surface area contributed by atoms with Gasteiger partial charge in [-0.15, -0.1) is 0 Å². The number of carbonyl (C=O) groups is 2. The van der Waals surface area contributed by atoms with Crippen molar-refractivity contribution in [2.45, 2.75) is 32.2 Å². The van der Waals surface area contributed by atoms with E-state index in [0.29, 0.717) is 12.2 Å². The summed E-state index contributed by atoms with van der Waals surface area (Å²) in [7, 11) is 1.62. The van der Waals surface area contributed by atoms with Gasteiger partial charge in [0, 0.05) is 24.2 Å². The highest BCUT2D eigenvalue weighted by molar-refractivity contribution is 5.95. The number of hydrogen-bond donors (Lipinski definition) is 1. The summed E-state index contributed by atoms with van der Waals surface area (Å²) in [6, 6.07) is 14.8. The first-order valence-electron chi connectivity index (χ1n) is 9.58. The summed E-state index contributed by atoms with van der Waals surface area (Å²) >= 11 is 0. The van der Waals surface area contributed by atoms with Gasteiger partial charge in [0.25, 0.3) is 5.91 Å². The smallest absolute Gasteiger partial charge is 0.258 e. The van der Waals surface area contributed by atoms with Crippen LogP contribution in [0, 0.1) is 0 Å². The molecule has 0 radical (unpaired) electrons. The monoisotopic (exact) mass is 382 g/mol. The van der Waals surface area contributed by atoms with Gasteiger partial charge in [-0.25, -0.2) is 0 Å². The second-order valence-electron chi connectivity index (χ2n) is 6.70. The second kappa shape index (κ2) is 9.26. The molecular weight excluding hydrogens is 356 g/mol. The summed E-state index contributed by atoms with van der Waals surface area (Å²) in [5.41, 5.74) is 1.81. The van der Waals surface area contributed by atoms with Crippen LogP contribution < -0.4 is 19.7 Å². The lowest BCUT2D eigenvalue weighted by atomic mass is 10.0. The number of carbonyl (C=O) groups excluding carboxylic acids is 2. The summed E-state index contributed by atoms with van der Waals surface area (Å²) in [6.45, 7) is 2.69. The van der Waals surface area contributed by atoms with E-state index in [2.05, 4.69) is 5.32 Å². The first-order valence-corrected chi connectivity index (χ1v) is 9.58. The van der Waals surface area contributed by atoms with Crippen molar-refractivity contribution in [2.75, 3.05) is 25.2 Å². The van der Waals surface area contributed by atoms with Crippen LogP contribution in [0.1, 0.15) is 37.8 Å². The molecule has 2 aromatic rings. The fourth-order valence-corrected chi connectivity index (χ4v) is 3.38. The number of nitrogens with zero attached hydrogens (tertiary/aromatic N) is 1. The highest BCUT2D eigenvalue weighted by Crippen LogP contribution is 2.27. The summed E-state index contributed by atoms with van der Waals surface area (Å²) in [4.78, 5) is 25.9. The van der Waals surface area contributed by atoms with E-state index in [1.54, 1.807) is 24.1 Å². The minimum absolute atomic E-state index is 0.0758. The number of para-hydroxylation sites is 1. The number of methoxy groups -OCH3 is 1. The largest absolute Gasteiger partial charge is 0.496 e. The Balaban J connectivity index is 1.55. The fourth-order valence-electron chi connectivity index (χ4n) is 3.38. The van der Waals surface area contributed by atoms with Gasteiger partial charge in [-0.1, -0.05) is 25.1 Å². The van der Waals surface area contributed by atoms with Crippen LogP contribution in [0.15, 0.2) is 48.5 Å². The maximum absolute atomic E-state index is 12.3. The number of rotatable bonds is 8. The highest BCUT2D eigenvalue weighted by Gasteiger charge is 2.21. The Kier molecular flexibility index (Phi) is 6.53. The minimum atomic E-state index is -0.198. The molecule has 0 spiro atoms. The van der Waals surface area contributed by atoms with Crippen molar-refractivity contribution in [2.24, 2.45) is 0 Å². The zero-order valence-corrected chi connectivity index (χ0v) is 16.3. The molecule has 1 unspecified atom stereocenters. The maximum atomic E-state index is 12.3. The van der Waals surface area contributed by atoms with Gasteiger partial charge in [0.05, 0.1) is 13.2 Å². The van der Waals surface area contributed by atoms with Crippen molar-refractivity contribution in [3.63, 3.8) is 0 Å². The Morgan fingerprint density at radius 3 is 2.57 bits per heavy atom. The van der Waals surface area contributed by atoms with E-state index in [4.69, 9.17) is 9.47 Å². The van der Waals surface area contributed by atoms with Crippen LogP contribution in [-0.4, -0.2) is 32.1 Å². The average molecular weight is 382 g/mol. The van der Waals surface area contributed by atoms with Gasteiger partial charge in [-0.3, -0.25) is 9.59 Å². The first kappa shape index (κ1) is 19.7. The Bertz CT molecular complexity index is 820. The lowest BCUT2D eigenvalue weighted by Gasteiger charge is -2.20. The van der Waals surface area contributed by atoms with Crippen LogP contribution in [-0.2, 0) is 9.59 Å². The Labute approximate surface area is 165 Å². The Hall–Kier alpha value is -3.02. The molecule has 1 atom stereocenters. The first-order chi connectivity index (χ1) is 13.6. The molecule has 1 heterocycles. The number of ether oxygens (including phenoxy) is 2. The molecule has 3 rings (SSSR count). The van der Waals surface area contributed by atoms with Crippen LogP contribution in [0.3, 0.4) is 0 Å². The Morgan fingerprint density at radius 2 is 1.93 bits per heavy atom. The van der Waals surface area contributed by atoms with E-state index in [0.717, 1.165) is 36.4 Å². The van der Waals surface area contributed by atoms with Crippen molar-refractivity contribution in [3.05, 3.63) is 54.1 Å². The number of hydrogen-bond acceptors (Lipinski definition) is 4. The molecule has 1 N–H and O–H groups in total. The molecule has 1 aliphatic heterocycles. The van der Waals surface area contributed by atoms with E-state index in [-0.39, 0.29) is 24.5 Å². The summed E-state index contributed by atoms with van der Waals surface area (Å²) in [6.07, 6.45) is 2.23. The number of amides is 2. The molecule has 2 aromatic carbocycles. The average Bonchev–Trinajstić information content (AvgIpc) is 3.16. The van der Waals surface area contributed by atoms with Gasteiger partial charge in [0.2, 0.25) is 5.91 Å². The third-order valence-corrected chi connectivity index (χ3v) is 4.85. The predicted octanol–water partition coefficient (Wildman–Crippen LogP) is 3.47. The molecule has 1 aliphatic rings. The molecule has 6 nitrogen and oxygen atoms in total. The Morgan fingerprint density at radius 1 is 1.18 bits per heavy atom. The molecule has 2 amide bonds. The van der Waals surface area contributed by atoms with Gasteiger partial charge < -0.3 is 19.7 Å². The molecule has 0 bridgehead atoms. The van der Waals surface area contributed by atoms with Gasteiger partial charge in [0.1, 0.15) is 11.5 Å². The zero-order chi connectivity index (χ0) is 19.9. The van der Waals surface area contributed by atoms with Crippen LogP contribution in [0.4, 0.5) is 5.69 Å². The van der Waals surface area contributed by atoms with E-state index in [1.165, 1.54) is 0 Å². The molecule has 1 fully saturated rings. The molecule has 0 saturated carbocycles. The number of benzene rings is 2. The lowest BCUT2D eigenvalue weighted by Crippen LogP contribution is -2.32. The summed E-state index contributed by atoms with van der Waals surface area (Å²) < 4.78 is 11.0. The van der Waals surface area contributed by atoms with Gasteiger partial charge in [0.15, 0.2) is 6.61 Å². The molecular formula is C22H26N2O4. The summed E-state index contributed by atoms with van der Waals surface area (Å²) in [5, 5.41) is 2.99. The third-order valence-electron chi connectivity index (χ3n) is 4.85. The van der Waals surface area contributed by atoms with Crippen LogP contribution in [0.5, 0.6) is 11.5 Å². The van der Waals surface area contributed by atoms with E-state index < -0.39 is 0 Å². The molecule has 6 heteroatoms. The van der Waals surface area contributed by atoms with E-state index in [9.17, 15) is 9.59 Å². The SMILES string of the molecule is CCC(NC(=O)COc1ccc(N2CCCC2=O)cc1)c1ccccc1OC. The molecule has 148 valence electrons. The lowest BCUT2D eigenvalue weighted by molar-refractivity contribution is -0.124. The molecule has 0 aliphatic carbocycles. The summed E-state index contributed by atoms with van der Waals surface area (Å²) in [5.74, 6) is 1.30. The zero-order valence-electron chi connectivity index (χ0n) is 16.3. The standard InChI is InChI=1S/C22H26N2O4/c1-3-19(18-7-4-5-8-20(18)27-2)23-21(25)15-28-17-12-10-16(11-13-17)24-14-6-9-22(24)26/h4-5,7-8,10-13,19H,3,6,9,14-15H2,1-2H3,(H,23,25). The normalized spacial score (nSPS) is 14.6. The molecule has 1 saturated heterocycles. The third kappa shape index (κ3) is 4.63. The van der Waals surface area contributed by atoms with Crippen LogP contribution in [0.25, 0.3) is 0 Å². The van der Waals surface area contributed by atoms with Crippen molar-refractivity contribution >= 4 is 17.5 Å². The highest BCUT2D eigenvalue weighted by atomic mass is 16.5. The quantitative estimate of drug-likeness (QED) is 0.759.